The lowest BCUT2D eigenvalue weighted by Crippen LogP contribution is -2.36. The zero-order valence-electron chi connectivity index (χ0n) is 17.0. The average molecular weight is 551 g/mol. The predicted molar refractivity (Wildman–Crippen MR) is 121 cm³/mol. The van der Waals surface area contributed by atoms with E-state index in [2.05, 4.69) is 20.4 Å². The molecule has 8 nitrogen and oxygen atoms in total. The SMILES string of the molecule is CCNC(=NCc1ccc(OC)c(O)c1)NCc1cc2c(cc1OC(F)F)OCO2.I. The third-order valence-corrected chi connectivity index (χ3v) is 4.23. The van der Waals surface area contributed by atoms with E-state index in [4.69, 9.17) is 14.2 Å². The van der Waals surface area contributed by atoms with Crippen LogP contribution in [0, 0.1) is 0 Å². The molecule has 3 rings (SSSR count). The molecule has 0 saturated carbocycles. The smallest absolute Gasteiger partial charge is 0.387 e. The average Bonchev–Trinajstić information content (AvgIpc) is 3.16. The Hall–Kier alpha value is -2.70. The summed E-state index contributed by atoms with van der Waals surface area (Å²) in [4.78, 5) is 4.46. The number of guanidine groups is 1. The van der Waals surface area contributed by atoms with Crippen molar-refractivity contribution in [3.8, 4) is 28.7 Å². The second-order valence-electron chi connectivity index (χ2n) is 6.25. The van der Waals surface area contributed by atoms with Gasteiger partial charge in [0.2, 0.25) is 6.79 Å². The largest absolute Gasteiger partial charge is 0.504 e. The number of nitrogens with zero attached hydrogens (tertiary/aromatic N) is 1. The molecular formula is C20H24F2IN3O5. The van der Waals surface area contributed by atoms with E-state index in [1.54, 1.807) is 24.3 Å². The lowest BCUT2D eigenvalue weighted by Gasteiger charge is -2.15. The van der Waals surface area contributed by atoms with Crippen LogP contribution in [-0.2, 0) is 13.1 Å². The van der Waals surface area contributed by atoms with Crippen LogP contribution in [-0.4, -0.2) is 38.1 Å². The van der Waals surface area contributed by atoms with Crippen LogP contribution in [0.4, 0.5) is 8.78 Å². The van der Waals surface area contributed by atoms with Gasteiger partial charge in [0.1, 0.15) is 5.75 Å². The van der Waals surface area contributed by atoms with Gasteiger partial charge in [0, 0.05) is 24.7 Å². The van der Waals surface area contributed by atoms with Crippen LogP contribution in [0.5, 0.6) is 28.7 Å². The molecule has 0 aromatic heterocycles. The molecule has 0 atom stereocenters. The van der Waals surface area contributed by atoms with Gasteiger partial charge >= 0.3 is 6.61 Å². The number of alkyl halides is 2. The molecule has 0 unspecified atom stereocenters. The van der Waals surface area contributed by atoms with Gasteiger partial charge in [0.25, 0.3) is 0 Å². The van der Waals surface area contributed by atoms with Gasteiger partial charge in [0.05, 0.1) is 13.7 Å². The topological polar surface area (TPSA) is 93.6 Å². The van der Waals surface area contributed by atoms with E-state index < -0.39 is 6.61 Å². The monoisotopic (exact) mass is 551 g/mol. The van der Waals surface area contributed by atoms with Crippen molar-refractivity contribution in [1.82, 2.24) is 10.6 Å². The number of halogens is 3. The van der Waals surface area contributed by atoms with Crippen LogP contribution < -0.4 is 29.6 Å². The number of methoxy groups -OCH3 is 1. The first-order chi connectivity index (χ1) is 14.5. The molecule has 2 aromatic rings. The Morgan fingerprint density at radius 1 is 1.16 bits per heavy atom. The lowest BCUT2D eigenvalue weighted by atomic mass is 10.1. The molecule has 170 valence electrons. The number of rotatable bonds is 8. The molecule has 0 saturated heterocycles. The molecule has 0 bridgehead atoms. The summed E-state index contributed by atoms with van der Waals surface area (Å²) in [5, 5.41) is 16.0. The predicted octanol–water partition coefficient (Wildman–Crippen LogP) is 3.60. The van der Waals surface area contributed by atoms with Crippen LogP contribution in [0.3, 0.4) is 0 Å². The molecule has 0 aliphatic carbocycles. The van der Waals surface area contributed by atoms with Gasteiger partial charge in [-0.05, 0) is 30.7 Å². The number of hydrogen-bond donors (Lipinski definition) is 3. The first-order valence-corrected chi connectivity index (χ1v) is 9.25. The van der Waals surface area contributed by atoms with Crippen molar-refractivity contribution >= 4 is 29.9 Å². The highest BCUT2D eigenvalue weighted by molar-refractivity contribution is 14.0. The van der Waals surface area contributed by atoms with E-state index in [9.17, 15) is 13.9 Å². The molecule has 3 N–H and O–H groups in total. The molecule has 31 heavy (non-hydrogen) atoms. The van der Waals surface area contributed by atoms with Crippen molar-refractivity contribution in [3.63, 3.8) is 0 Å². The summed E-state index contributed by atoms with van der Waals surface area (Å²) in [6.07, 6.45) is 0. The van der Waals surface area contributed by atoms with Crippen LogP contribution in [0.1, 0.15) is 18.1 Å². The molecule has 11 heteroatoms. The molecule has 0 radical (unpaired) electrons. The molecule has 1 heterocycles. The number of hydrogen-bond acceptors (Lipinski definition) is 6. The zero-order chi connectivity index (χ0) is 21.5. The summed E-state index contributed by atoms with van der Waals surface area (Å²) in [7, 11) is 1.47. The summed E-state index contributed by atoms with van der Waals surface area (Å²) in [5.41, 5.74) is 1.24. The third kappa shape index (κ3) is 6.64. The summed E-state index contributed by atoms with van der Waals surface area (Å²) in [6.45, 7) is 0.0175. The van der Waals surface area contributed by atoms with Crippen molar-refractivity contribution in [2.24, 2.45) is 4.99 Å². The van der Waals surface area contributed by atoms with Crippen molar-refractivity contribution in [2.75, 3.05) is 20.4 Å². The number of aliphatic imine (C=N–C) groups is 1. The number of phenols is 1. The molecule has 1 aliphatic rings. The maximum atomic E-state index is 12.8. The van der Waals surface area contributed by atoms with Gasteiger partial charge in [-0.25, -0.2) is 4.99 Å². The second-order valence-corrected chi connectivity index (χ2v) is 6.25. The quantitative estimate of drug-likeness (QED) is 0.262. The number of ether oxygens (including phenoxy) is 4. The first-order valence-electron chi connectivity index (χ1n) is 9.25. The number of fused-ring (bicyclic) bond motifs is 1. The number of nitrogens with one attached hydrogen (secondary N) is 2. The van der Waals surface area contributed by atoms with Crippen LogP contribution in [0.2, 0.25) is 0 Å². The zero-order valence-corrected chi connectivity index (χ0v) is 19.3. The van der Waals surface area contributed by atoms with Gasteiger partial charge < -0.3 is 34.7 Å². The fourth-order valence-electron chi connectivity index (χ4n) is 2.83. The number of aromatic hydroxyl groups is 1. The maximum absolute atomic E-state index is 12.8. The molecule has 0 amide bonds. The van der Waals surface area contributed by atoms with Crippen LogP contribution in [0.25, 0.3) is 0 Å². The van der Waals surface area contributed by atoms with E-state index in [-0.39, 0.29) is 55.4 Å². The highest BCUT2D eigenvalue weighted by Gasteiger charge is 2.20. The fraction of sp³-hybridized carbons (Fsp3) is 0.350. The Bertz CT molecular complexity index is 915. The Balaban J connectivity index is 0.00000341. The fourth-order valence-corrected chi connectivity index (χ4v) is 2.83. The van der Waals surface area contributed by atoms with Gasteiger partial charge in [-0.3, -0.25) is 0 Å². The highest BCUT2D eigenvalue weighted by Crippen LogP contribution is 2.38. The first kappa shape index (κ1) is 24.6. The highest BCUT2D eigenvalue weighted by atomic mass is 127. The lowest BCUT2D eigenvalue weighted by molar-refractivity contribution is -0.0505. The van der Waals surface area contributed by atoms with Gasteiger partial charge in [-0.1, -0.05) is 6.07 Å². The number of phenolic OH excluding ortho intramolecular Hbond substituents is 1. The van der Waals surface area contributed by atoms with Gasteiger partial charge in [0.15, 0.2) is 29.0 Å². The van der Waals surface area contributed by atoms with Crippen molar-refractivity contribution < 1.29 is 32.8 Å². The minimum absolute atomic E-state index is 0. The second kappa shape index (κ2) is 11.6. The Morgan fingerprint density at radius 2 is 1.90 bits per heavy atom. The molecular weight excluding hydrogens is 527 g/mol. The summed E-state index contributed by atoms with van der Waals surface area (Å²) in [5.74, 6) is 1.68. The molecule has 2 aromatic carbocycles. The maximum Gasteiger partial charge on any atom is 0.387 e. The number of benzene rings is 2. The minimum atomic E-state index is -2.96. The minimum Gasteiger partial charge on any atom is -0.504 e. The van der Waals surface area contributed by atoms with E-state index >= 15 is 0 Å². The molecule has 1 aliphatic heterocycles. The standard InChI is InChI=1S/C20H23F2N3O5.HI/c1-3-23-20(24-9-12-4-5-15(27-2)14(26)6-12)25-10-13-7-17-18(29-11-28-17)8-16(13)30-19(21)22;/h4-8,19,26H,3,9-11H2,1-2H3,(H2,23,24,25);1H. The summed E-state index contributed by atoms with van der Waals surface area (Å²) < 4.78 is 45.8. The van der Waals surface area contributed by atoms with E-state index in [0.29, 0.717) is 35.3 Å². The molecule has 0 spiro atoms. The van der Waals surface area contributed by atoms with Crippen LogP contribution >= 0.6 is 24.0 Å². The van der Waals surface area contributed by atoms with E-state index in [1.807, 2.05) is 6.92 Å². The normalized spacial score (nSPS) is 12.4. The Kier molecular flexibility index (Phi) is 9.21. The van der Waals surface area contributed by atoms with Gasteiger partial charge in [-0.15, -0.1) is 24.0 Å². The van der Waals surface area contributed by atoms with E-state index in [0.717, 1.165) is 5.56 Å². The van der Waals surface area contributed by atoms with Crippen molar-refractivity contribution in [2.45, 2.75) is 26.6 Å². The summed E-state index contributed by atoms with van der Waals surface area (Å²) in [6, 6.07) is 7.99. The van der Waals surface area contributed by atoms with Crippen molar-refractivity contribution in [3.05, 3.63) is 41.5 Å². The van der Waals surface area contributed by atoms with Crippen LogP contribution in [0.15, 0.2) is 35.3 Å². The van der Waals surface area contributed by atoms with Gasteiger partial charge in [-0.2, -0.15) is 8.78 Å². The Labute approximate surface area is 195 Å². The van der Waals surface area contributed by atoms with Crippen molar-refractivity contribution in [1.29, 1.82) is 0 Å². The summed E-state index contributed by atoms with van der Waals surface area (Å²) >= 11 is 0. The van der Waals surface area contributed by atoms with E-state index in [1.165, 1.54) is 13.2 Å². The Morgan fingerprint density at radius 3 is 2.55 bits per heavy atom. The third-order valence-electron chi connectivity index (χ3n) is 4.23. The molecule has 0 fully saturated rings.